The number of carbonyl (C=O) groups excluding carboxylic acids is 1. The van der Waals surface area contributed by atoms with Crippen LogP contribution in [0.4, 0.5) is 19.3 Å². The van der Waals surface area contributed by atoms with Gasteiger partial charge in [0.05, 0.1) is 35.0 Å². The fraction of sp³-hybridized carbons (Fsp3) is 0.452. The predicted octanol–water partition coefficient (Wildman–Crippen LogP) is 7.16. The summed E-state index contributed by atoms with van der Waals surface area (Å²) in [4.78, 5) is 19.9. The number of urea groups is 1. The van der Waals surface area contributed by atoms with Gasteiger partial charge in [-0.15, -0.1) is 0 Å². The zero-order chi connectivity index (χ0) is 28.8. The first kappa shape index (κ1) is 27.4. The summed E-state index contributed by atoms with van der Waals surface area (Å²) in [6.07, 6.45) is 4.63. The smallest absolute Gasteiger partial charge is 0.322 e. The van der Waals surface area contributed by atoms with Crippen LogP contribution in [0.5, 0.6) is 0 Å². The largest absolute Gasteiger partial charge is 0.376 e. The van der Waals surface area contributed by atoms with Crippen LogP contribution >= 0.6 is 0 Å². The number of nitrogens with zero attached hydrogens (tertiary/aromatic N) is 4. The zero-order valence-corrected chi connectivity index (χ0v) is 23.8. The summed E-state index contributed by atoms with van der Waals surface area (Å²) < 4.78 is 41.9. The Morgan fingerprint density at radius 1 is 1.02 bits per heavy atom. The number of imidazole rings is 1. The number of halogens is 2. The highest BCUT2D eigenvalue weighted by Crippen LogP contribution is 2.41. The molecule has 1 unspecified atom stereocenters. The summed E-state index contributed by atoms with van der Waals surface area (Å²) in [7, 11) is 0. The van der Waals surface area contributed by atoms with Gasteiger partial charge < -0.3 is 19.1 Å². The van der Waals surface area contributed by atoms with Gasteiger partial charge in [0.25, 0.3) is 0 Å². The Hall–Kier alpha value is -3.79. The maximum Gasteiger partial charge on any atom is 0.322 e. The van der Waals surface area contributed by atoms with Crippen LogP contribution < -0.4 is 10.2 Å². The van der Waals surface area contributed by atoms with Gasteiger partial charge in [-0.05, 0) is 89.6 Å². The fourth-order valence-corrected chi connectivity index (χ4v) is 6.46. The van der Waals surface area contributed by atoms with Crippen LogP contribution in [0.2, 0.25) is 0 Å². The predicted molar refractivity (Wildman–Crippen MR) is 152 cm³/mol. The summed E-state index contributed by atoms with van der Waals surface area (Å²) in [6, 6.07) is 9.07. The number of ether oxygens (including phenoxy) is 1. The van der Waals surface area contributed by atoms with Gasteiger partial charge in [-0.2, -0.15) is 0 Å². The number of anilines is 1. The number of rotatable bonds is 6. The van der Waals surface area contributed by atoms with Crippen LogP contribution in [0, 0.1) is 25.5 Å². The molecule has 1 aliphatic heterocycles. The van der Waals surface area contributed by atoms with Crippen molar-refractivity contribution in [3.63, 3.8) is 0 Å². The van der Waals surface area contributed by atoms with E-state index in [2.05, 4.69) is 41.0 Å². The van der Waals surface area contributed by atoms with Gasteiger partial charge in [-0.1, -0.05) is 11.2 Å². The molecular formula is C31H35F2N5O3. The molecule has 2 amide bonds. The van der Waals surface area contributed by atoms with Crippen LogP contribution in [0.25, 0.3) is 22.2 Å². The molecule has 2 aromatic carbocycles. The molecule has 8 nitrogen and oxygen atoms in total. The van der Waals surface area contributed by atoms with E-state index in [0.29, 0.717) is 13.0 Å². The lowest BCUT2D eigenvalue weighted by Crippen LogP contribution is -2.49. The van der Waals surface area contributed by atoms with E-state index in [0.717, 1.165) is 77.3 Å². The van der Waals surface area contributed by atoms with Crippen molar-refractivity contribution in [3.05, 3.63) is 65.3 Å². The van der Waals surface area contributed by atoms with E-state index >= 15 is 0 Å². The standard InChI is InChI=1S/C31H35F2N5O3/c1-17(2)40-23-9-6-21(7-10-23)37-27-12-5-20(29-18(3)36-41-19(29)4)15-26(27)35-30(37)28-13-14-34-31(39)38(28)22-8-11-24(32)25(33)16-22/h5,8,11-12,15-17,21,23,28H,6-7,9-10,13-14H2,1-4H3,(H,34,39). The average molecular weight is 564 g/mol. The minimum absolute atomic E-state index is 0.156. The summed E-state index contributed by atoms with van der Waals surface area (Å²) in [6.45, 7) is 8.38. The van der Waals surface area contributed by atoms with Gasteiger partial charge in [-0.25, -0.2) is 18.6 Å². The van der Waals surface area contributed by atoms with Gasteiger partial charge >= 0.3 is 6.03 Å². The number of hydrogen-bond acceptors (Lipinski definition) is 5. The van der Waals surface area contributed by atoms with E-state index in [1.54, 1.807) is 0 Å². The van der Waals surface area contributed by atoms with Crippen molar-refractivity contribution < 1.29 is 22.8 Å². The lowest BCUT2D eigenvalue weighted by Gasteiger charge is -2.38. The van der Waals surface area contributed by atoms with Crippen LogP contribution in [-0.2, 0) is 4.74 Å². The molecule has 0 spiro atoms. The van der Waals surface area contributed by atoms with Crippen molar-refractivity contribution >= 4 is 22.8 Å². The molecule has 4 aromatic rings. The molecule has 0 bridgehead atoms. The second kappa shape index (κ2) is 10.9. The number of aromatic nitrogens is 3. The Balaban J connectivity index is 1.47. The van der Waals surface area contributed by atoms with Crippen LogP contribution in [0.3, 0.4) is 0 Å². The zero-order valence-electron chi connectivity index (χ0n) is 23.8. The molecule has 2 fully saturated rings. The maximum atomic E-state index is 14.3. The number of aryl methyl sites for hydroxylation is 2. The second-order valence-electron chi connectivity index (χ2n) is 11.4. The lowest BCUT2D eigenvalue weighted by atomic mass is 9.92. The van der Waals surface area contributed by atoms with Crippen LogP contribution in [0.15, 0.2) is 40.9 Å². The average Bonchev–Trinajstić information content (AvgIpc) is 3.49. The van der Waals surface area contributed by atoms with Crippen molar-refractivity contribution in [2.75, 3.05) is 11.4 Å². The number of benzene rings is 2. The summed E-state index contributed by atoms with van der Waals surface area (Å²) >= 11 is 0. The quantitative estimate of drug-likeness (QED) is 0.269. The molecule has 1 atom stereocenters. The second-order valence-corrected chi connectivity index (χ2v) is 11.4. The molecule has 3 heterocycles. The Morgan fingerprint density at radius 3 is 2.49 bits per heavy atom. The third-order valence-electron chi connectivity index (χ3n) is 8.22. The Bertz CT molecular complexity index is 1570. The van der Waals surface area contributed by atoms with Gasteiger partial charge in [-0.3, -0.25) is 4.90 Å². The fourth-order valence-electron chi connectivity index (χ4n) is 6.46. The molecule has 6 rings (SSSR count). The van der Waals surface area contributed by atoms with E-state index in [1.807, 2.05) is 19.9 Å². The summed E-state index contributed by atoms with van der Waals surface area (Å²) in [5.41, 5.74) is 4.76. The third-order valence-corrected chi connectivity index (χ3v) is 8.22. The van der Waals surface area contributed by atoms with E-state index in [1.165, 1.54) is 11.0 Å². The van der Waals surface area contributed by atoms with Gasteiger partial charge in [0.15, 0.2) is 11.6 Å². The first-order valence-corrected chi connectivity index (χ1v) is 14.3. The highest BCUT2D eigenvalue weighted by Gasteiger charge is 2.37. The molecule has 1 aliphatic carbocycles. The van der Waals surface area contributed by atoms with Crippen LogP contribution in [-0.4, -0.2) is 39.5 Å². The number of carbonyl (C=O) groups is 1. The normalized spacial score (nSPS) is 21.6. The Morgan fingerprint density at radius 2 is 1.80 bits per heavy atom. The topological polar surface area (TPSA) is 85.4 Å². The molecule has 2 aromatic heterocycles. The molecule has 2 aliphatic rings. The Labute approximate surface area is 237 Å². The number of amides is 2. The van der Waals surface area contributed by atoms with Crippen molar-refractivity contribution in [1.82, 2.24) is 20.0 Å². The van der Waals surface area contributed by atoms with Gasteiger partial charge in [0.2, 0.25) is 0 Å². The van der Waals surface area contributed by atoms with Gasteiger partial charge in [0.1, 0.15) is 11.6 Å². The van der Waals surface area contributed by atoms with E-state index in [4.69, 9.17) is 14.2 Å². The molecular weight excluding hydrogens is 528 g/mol. The minimum Gasteiger partial charge on any atom is -0.376 e. The maximum absolute atomic E-state index is 14.3. The van der Waals surface area contributed by atoms with Crippen molar-refractivity contribution in [2.24, 2.45) is 0 Å². The highest BCUT2D eigenvalue weighted by atomic mass is 19.2. The molecule has 1 saturated carbocycles. The van der Waals surface area contributed by atoms with E-state index in [-0.39, 0.29) is 30.0 Å². The number of nitrogens with one attached hydrogen (secondary N) is 1. The monoisotopic (exact) mass is 563 g/mol. The first-order chi connectivity index (χ1) is 19.7. The minimum atomic E-state index is -0.999. The Kier molecular flexibility index (Phi) is 7.27. The summed E-state index contributed by atoms with van der Waals surface area (Å²) in [5, 5.41) is 6.98. The van der Waals surface area contributed by atoms with Crippen molar-refractivity contribution in [3.8, 4) is 11.1 Å². The number of fused-ring (bicyclic) bond motifs is 1. The van der Waals surface area contributed by atoms with Crippen molar-refractivity contribution in [1.29, 1.82) is 0 Å². The molecule has 0 radical (unpaired) electrons. The lowest BCUT2D eigenvalue weighted by molar-refractivity contribution is -0.0184. The molecule has 1 N–H and O–H groups in total. The van der Waals surface area contributed by atoms with Gasteiger partial charge in [0, 0.05) is 29.9 Å². The first-order valence-electron chi connectivity index (χ1n) is 14.3. The van der Waals surface area contributed by atoms with E-state index < -0.39 is 17.7 Å². The number of hydrogen-bond donors (Lipinski definition) is 1. The third kappa shape index (κ3) is 5.09. The van der Waals surface area contributed by atoms with Crippen LogP contribution in [0.1, 0.15) is 75.3 Å². The highest BCUT2D eigenvalue weighted by molar-refractivity contribution is 5.94. The molecule has 216 valence electrons. The molecule has 1 saturated heterocycles. The molecule has 41 heavy (non-hydrogen) atoms. The summed E-state index contributed by atoms with van der Waals surface area (Å²) in [5.74, 6) is -0.481. The molecule has 10 heteroatoms. The van der Waals surface area contributed by atoms with E-state index in [9.17, 15) is 13.6 Å². The SMILES string of the molecule is Cc1noc(C)c1-c1ccc2c(c1)nc(C1CCNC(=O)N1c1ccc(F)c(F)c1)n2C1CCC(OC(C)C)CC1. The van der Waals surface area contributed by atoms with Crippen molar-refractivity contribution in [2.45, 2.75) is 84.1 Å².